The standard InChI is InChI=1S/C17H21N3O2/c1-11-14(17(18)21)8-16(20-11)13-4-2-3-5-15(13)19-9-12-6-7-22-10-12/h2-5,8,12,19-20H,6-7,9-10H2,1H3,(H2,18,21)/t12-/m1/s1. The molecule has 0 aliphatic carbocycles. The first kappa shape index (κ1) is 14.7. The lowest BCUT2D eigenvalue weighted by Gasteiger charge is -2.14. The minimum atomic E-state index is -0.409. The van der Waals surface area contributed by atoms with Gasteiger partial charge in [-0.2, -0.15) is 0 Å². The Hall–Kier alpha value is -2.27. The van der Waals surface area contributed by atoms with Crippen LogP contribution in [0.2, 0.25) is 0 Å². The minimum absolute atomic E-state index is 0.409. The van der Waals surface area contributed by atoms with E-state index in [1.807, 2.05) is 37.3 Å². The highest BCUT2D eigenvalue weighted by atomic mass is 16.5. The molecule has 116 valence electrons. The van der Waals surface area contributed by atoms with Crippen LogP contribution in [0.15, 0.2) is 30.3 Å². The molecule has 1 aliphatic heterocycles. The number of rotatable bonds is 5. The summed E-state index contributed by atoms with van der Waals surface area (Å²) in [7, 11) is 0. The number of amides is 1. The Kier molecular flexibility index (Phi) is 4.15. The molecular weight excluding hydrogens is 278 g/mol. The molecule has 5 nitrogen and oxygen atoms in total. The van der Waals surface area contributed by atoms with Crippen LogP contribution in [0, 0.1) is 12.8 Å². The molecule has 1 atom stereocenters. The molecule has 4 N–H and O–H groups in total. The highest BCUT2D eigenvalue weighted by Gasteiger charge is 2.17. The largest absolute Gasteiger partial charge is 0.384 e. The Labute approximate surface area is 129 Å². The fourth-order valence-corrected chi connectivity index (χ4v) is 2.83. The number of aryl methyl sites for hydroxylation is 1. The van der Waals surface area contributed by atoms with Gasteiger partial charge in [-0.1, -0.05) is 18.2 Å². The molecule has 5 heteroatoms. The number of hydrogen-bond acceptors (Lipinski definition) is 3. The summed E-state index contributed by atoms with van der Waals surface area (Å²) >= 11 is 0. The quantitative estimate of drug-likeness (QED) is 0.793. The lowest BCUT2D eigenvalue weighted by atomic mass is 10.1. The van der Waals surface area contributed by atoms with Crippen molar-refractivity contribution in [2.75, 3.05) is 25.1 Å². The second-order valence-electron chi connectivity index (χ2n) is 5.74. The maximum absolute atomic E-state index is 11.4. The van der Waals surface area contributed by atoms with E-state index in [0.717, 1.165) is 48.8 Å². The van der Waals surface area contributed by atoms with Crippen molar-refractivity contribution >= 4 is 11.6 Å². The number of anilines is 1. The van der Waals surface area contributed by atoms with Gasteiger partial charge in [0.2, 0.25) is 0 Å². The average Bonchev–Trinajstić information content (AvgIpc) is 3.14. The van der Waals surface area contributed by atoms with Crippen molar-refractivity contribution in [2.24, 2.45) is 11.7 Å². The van der Waals surface area contributed by atoms with Gasteiger partial charge in [0.15, 0.2) is 0 Å². The van der Waals surface area contributed by atoms with Crippen LogP contribution in [0.4, 0.5) is 5.69 Å². The van der Waals surface area contributed by atoms with E-state index in [1.54, 1.807) is 0 Å². The van der Waals surface area contributed by atoms with E-state index in [1.165, 1.54) is 0 Å². The average molecular weight is 299 g/mol. The Morgan fingerprint density at radius 1 is 1.45 bits per heavy atom. The summed E-state index contributed by atoms with van der Waals surface area (Å²) in [6, 6.07) is 9.88. The monoisotopic (exact) mass is 299 g/mol. The second kappa shape index (κ2) is 6.23. The van der Waals surface area contributed by atoms with Crippen LogP contribution in [-0.4, -0.2) is 30.6 Å². The minimum Gasteiger partial charge on any atom is -0.384 e. The van der Waals surface area contributed by atoms with E-state index < -0.39 is 5.91 Å². The van der Waals surface area contributed by atoms with Gasteiger partial charge in [0.05, 0.1) is 12.2 Å². The molecule has 3 rings (SSSR count). The molecule has 0 radical (unpaired) electrons. The third-order valence-electron chi connectivity index (χ3n) is 4.10. The summed E-state index contributed by atoms with van der Waals surface area (Å²) in [6.07, 6.45) is 1.10. The lowest BCUT2D eigenvalue weighted by Crippen LogP contribution is -2.14. The number of carbonyl (C=O) groups is 1. The van der Waals surface area contributed by atoms with Gasteiger partial charge in [0.1, 0.15) is 0 Å². The number of benzene rings is 1. The molecule has 1 saturated heterocycles. The lowest BCUT2D eigenvalue weighted by molar-refractivity contribution is 0.1000. The zero-order chi connectivity index (χ0) is 15.5. The normalized spacial score (nSPS) is 17.6. The van der Waals surface area contributed by atoms with Gasteiger partial charge in [0.25, 0.3) is 5.91 Å². The number of H-pyrrole nitrogens is 1. The second-order valence-corrected chi connectivity index (χ2v) is 5.74. The number of primary amides is 1. The molecule has 0 saturated carbocycles. The molecule has 0 unspecified atom stereocenters. The predicted octanol–water partition coefficient (Wildman–Crippen LogP) is 2.54. The molecule has 0 spiro atoms. The van der Waals surface area contributed by atoms with E-state index in [-0.39, 0.29) is 0 Å². The fourth-order valence-electron chi connectivity index (χ4n) is 2.83. The zero-order valence-electron chi connectivity index (χ0n) is 12.7. The molecule has 1 amide bonds. The van der Waals surface area contributed by atoms with Gasteiger partial charge < -0.3 is 20.8 Å². The van der Waals surface area contributed by atoms with Gasteiger partial charge in [-0.05, 0) is 25.5 Å². The number of aromatic nitrogens is 1. The van der Waals surface area contributed by atoms with Crippen molar-refractivity contribution in [3.8, 4) is 11.3 Å². The zero-order valence-corrected chi connectivity index (χ0v) is 12.7. The van der Waals surface area contributed by atoms with Crippen molar-refractivity contribution in [3.05, 3.63) is 41.6 Å². The van der Waals surface area contributed by atoms with Crippen LogP contribution < -0.4 is 11.1 Å². The Morgan fingerprint density at radius 3 is 2.95 bits per heavy atom. The van der Waals surface area contributed by atoms with E-state index in [0.29, 0.717) is 11.5 Å². The highest BCUT2D eigenvalue weighted by molar-refractivity contribution is 5.96. The first-order valence-corrected chi connectivity index (χ1v) is 7.55. The molecule has 2 heterocycles. The Morgan fingerprint density at radius 2 is 2.27 bits per heavy atom. The van der Waals surface area contributed by atoms with Gasteiger partial charge in [-0.15, -0.1) is 0 Å². The third kappa shape index (κ3) is 2.99. The predicted molar refractivity (Wildman–Crippen MR) is 86.9 cm³/mol. The number of nitrogens with one attached hydrogen (secondary N) is 2. The summed E-state index contributed by atoms with van der Waals surface area (Å²) < 4.78 is 5.41. The van der Waals surface area contributed by atoms with E-state index in [2.05, 4.69) is 10.3 Å². The molecule has 1 aromatic heterocycles. The Balaban J connectivity index is 1.84. The van der Waals surface area contributed by atoms with Crippen LogP contribution in [0.1, 0.15) is 22.5 Å². The van der Waals surface area contributed by atoms with Crippen molar-refractivity contribution in [1.29, 1.82) is 0 Å². The summed E-state index contributed by atoms with van der Waals surface area (Å²) in [5.41, 5.74) is 9.71. The van der Waals surface area contributed by atoms with Crippen LogP contribution in [-0.2, 0) is 4.74 Å². The highest BCUT2D eigenvalue weighted by Crippen LogP contribution is 2.29. The van der Waals surface area contributed by atoms with Crippen molar-refractivity contribution in [1.82, 2.24) is 4.98 Å². The number of aromatic amines is 1. The molecule has 2 aromatic rings. The van der Waals surface area contributed by atoms with Crippen molar-refractivity contribution in [3.63, 3.8) is 0 Å². The summed E-state index contributed by atoms with van der Waals surface area (Å²) in [5.74, 6) is 0.146. The molecule has 1 aliphatic rings. The van der Waals surface area contributed by atoms with E-state index >= 15 is 0 Å². The van der Waals surface area contributed by atoms with E-state index in [4.69, 9.17) is 10.5 Å². The van der Waals surface area contributed by atoms with Gasteiger partial charge >= 0.3 is 0 Å². The van der Waals surface area contributed by atoms with Crippen molar-refractivity contribution < 1.29 is 9.53 Å². The number of para-hydroxylation sites is 1. The van der Waals surface area contributed by atoms with Gasteiger partial charge in [0, 0.05) is 41.7 Å². The molecular formula is C17H21N3O2. The van der Waals surface area contributed by atoms with Crippen LogP contribution in [0.5, 0.6) is 0 Å². The SMILES string of the molecule is Cc1[nH]c(-c2ccccc2NC[C@H]2CCOC2)cc1C(N)=O. The van der Waals surface area contributed by atoms with Crippen LogP contribution >= 0.6 is 0 Å². The molecule has 0 bridgehead atoms. The third-order valence-corrected chi connectivity index (χ3v) is 4.10. The molecule has 1 aromatic carbocycles. The Bertz CT molecular complexity index is 672. The van der Waals surface area contributed by atoms with Crippen LogP contribution in [0.3, 0.4) is 0 Å². The first-order chi connectivity index (χ1) is 10.6. The first-order valence-electron chi connectivity index (χ1n) is 7.55. The number of nitrogens with two attached hydrogens (primary N) is 1. The number of hydrogen-bond donors (Lipinski definition) is 3. The van der Waals surface area contributed by atoms with Crippen LogP contribution in [0.25, 0.3) is 11.3 Å². The molecule has 1 fully saturated rings. The van der Waals surface area contributed by atoms with E-state index in [9.17, 15) is 4.79 Å². The van der Waals surface area contributed by atoms with Gasteiger partial charge in [-0.3, -0.25) is 4.79 Å². The molecule has 22 heavy (non-hydrogen) atoms. The summed E-state index contributed by atoms with van der Waals surface area (Å²) in [4.78, 5) is 14.7. The number of carbonyl (C=O) groups excluding carboxylic acids is 1. The summed E-state index contributed by atoms with van der Waals surface area (Å²) in [6.45, 7) is 4.42. The topological polar surface area (TPSA) is 80.1 Å². The van der Waals surface area contributed by atoms with Gasteiger partial charge in [-0.25, -0.2) is 0 Å². The maximum atomic E-state index is 11.4. The smallest absolute Gasteiger partial charge is 0.250 e. The number of ether oxygens (including phenoxy) is 1. The van der Waals surface area contributed by atoms with Crippen molar-refractivity contribution in [2.45, 2.75) is 13.3 Å². The maximum Gasteiger partial charge on any atom is 0.250 e. The summed E-state index contributed by atoms with van der Waals surface area (Å²) in [5, 5.41) is 3.50. The fraction of sp³-hybridized carbons (Fsp3) is 0.353.